The molecule has 0 aliphatic heterocycles. The summed E-state index contributed by atoms with van der Waals surface area (Å²) >= 11 is 5.98. The maximum Gasteiger partial charge on any atom is 0.133 e. The lowest BCUT2D eigenvalue weighted by atomic mass is 9.92. The van der Waals surface area contributed by atoms with Gasteiger partial charge in [-0.2, -0.15) is 0 Å². The molecular formula is C12H19ClN2O. The Kier molecular flexibility index (Phi) is 4.69. The summed E-state index contributed by atoms with van der Waals surface area (Å²) < 4.78 is 5.28. The SMILES string of the molecule is CCOCCc1nc(Cl)cc(C(C)(C)C)n1. The van der Waals surface area contributed by atoms with Crippen molar-refractivity contribution in [3.05, 3.63) is 22.7 Å². The predicted molar refractivity (Wildman–Crippen MR) is 65.9 cm³/mol. The Morgan fingerprint density at radius 1 is 1.31 bits per heavy atom. The van der Waals surface area contributed by atoms with Gasteiger partial charge in [-0.1, -0.05) is 32.4 Å². The first-order chi connectivity index (χ1) is 7.43. The molecule has 0 aromatic carbocycles. The van der Waals surface area contributed by atoms with Crippen LogP contribution >= 0.6 is 11.6 Å². The summed E-state index contributed by atoms with van der Waals surface area (Å²) in [7, 11) is 0. The van der Waals surface area contributed by atoms with E-state index in [1.807, 2.05) is 13.0 Å². The normalized spacial score (nSPS) is 11.8. The maximum absolute atomic E-state index is 5.98. The molecule has 0 atom stereocenters. The minimum Gasteiger partial charge on any atom is -0.381 e. The fourth-order valence-electron chi connectivity index (χ4n) is 1.27. The van der Waals surface area contributed by atoms with E-state index in [9.17, 15) is 0 Å². The molecule has 3 nitrogen and oxygen atoms in total. The highest BCUT2D eigenvalue weighted by atomic mass is 35.5. The molecule has 0 saturated carbocycles. The van der Waals surface area contributed by atoms with Crippen LogP contribution in [0.1, 0.15) is 39.2 Å². The number of hydrogen-bond donors (Lipinski definition) is 0. The minimum absolute atomic E-state index is 0.00700. The van der Waals surface area contributed by atoms with Crippen LogP contribution in [-0.2, 0) is 16.6 Å². The Balaban J connectivity index is 2.82. The van der Waals surface area contributed by atoms with Crippen molar-refractivity contribution in [3.63, 3.8) is 0 Å². The van der Waals surface area contributed by atoms with Gasteiger partial charge in [0.25, 0.3) is 0 Å². The third-order valence-corrected chi connectivity index (χ3v) is 2.38. The van der Waals surface area contributed by atoms with E-state index in [1.165, 1.54) is 0 Å². The van der Waals surface area contributed by atoms with Gasteiger partial charge in [0.2, 0.25) is 0 Å². The van der Waals surface area contributed by atoms with Gasteiger partial charge >= 0.3 is 0 Å². The monoisotopic (exact) mass is 242 g/mol. The number of halogens is 1. The average molecular weight is 243 g/mol. The molecule has 0 N–H and O–H groups in total. The van der Waals surface area contributed by atoms with Crippen molar-refractivity contribution < 1.29 is 4.74 Å². The van der Waals surface area contributed by atoms with Crippen molar-refractivity contribution in [2.75, 3.05) is 13.2 Å². The highest BCUT2D eigenvalue weighted by Crippen LogP contribution is 2.22. The molecule has 0 spiro atoms. The molecule has 90 valence electrons. The Morgan fingerprint density at radius 3 is 2.56 bits per heavy atom. The summed E-state index contributed by atoms with van der Waals surface area (Å²) in [6, 6.07) is 1.83. The van der Waals surface area contributed by atoms with Crippen molar-refractivity contribution in [2.24, 2.45) is 0 Å². The molecule has 0 amide bonds. The fourth-order valence-corrected chi connectivity index (χ4v) is 1.47. The van der Waals surface area contributed by atoms with Crippen molar-refractivity contribution in [2.45, 2.75) is 39.5 Å². The van der Waals surface area contributed by atoms with Gasteiger partial charge in [-0.15, -0.1) is 0 Å². The summed E-state index contributed by atoms with van der Waals surface area (Å²) in [5.41, 5.74) is 0.964. The first-order valence-corrected chi connectivity index (χ1v) is 5.93. The summed E-state index contributed by atoms with van der Waals surface area (Å²) in [5.74, 6) is 0.755. The van der Waals surface area contributed by atoms with E-state index in [4.69, 9.17) is 16.3 Å². The third-order valence-electron chi connectivity index (χ3n) is 2.18. The van der Waals surface area contributed by atoms with Crippen LogP contribution in [-0.4, -0.2) is 23.2 Å². The lowest BCUT2D eigenvalue weighted by Crippen LogP contribution is -2.16. The Hall–Kier alpha value is -0.670. The molecule has 0 saturated heterocycles. The summed E-state index contributed by atoms with van der Waals surface area (Å²) in [6.45, 7) is 9.65. The molecule has 0 bridgehead atoms. The Labute approximate surface area is 102 Å². The lowest BCUT2D eigenvalue weighted by Gasteiger charge is -2.18. The Morgan fingerprint density at radius 2 is 2.00 bits per heavy atom. The topological polar surface area (TPSA) is 35.0 Å². The van der Waals surface area contributed by atoms with E-state index < -0.39 is 0 Å². The zero-order valence-electron chi connectivity index (χ0n) is 10.4. The quantitative estimate of drug-likeness (QED) is 0.601. The molecule has 0 radical (unpaired) electrons. The summed E-state index contributed by atoms with van der Waals surface area (Å²) in [4.78, 5) is 8.69. The number of ether oxygens (including phenoxy) is 1. The molecule has 1 aromatic heterocycles. The van der Waals surface area contributed by atoms with E-state index >= 15 is 0 Å². The lowest BCUT2D eigenvalue weighted by molar-refractivity contribution is 0.149. The van der Waals surface area contributed by atoms with Crippen molar-refractivity contribution in [3.8, 4) is 0 Å². The van der Waals surface area contributed by atoms with Crippen LogP contribution in [0.15, 0.2) is 6.07 Å². The van der Waals surface area contributed by atoms with Gasteiger partial charge in [-0.3, -0.25) is 0 Å². The van der Waals surface area contributed by atoms with Crippen LogP contribution < -0.4 is 0 Å². The standard InChI is InChI=1S/C12H19ClN2O/c1-5-16-7-6-11-14-9(12(2,3)4)8-10(13)15-11/h8H,5-7H2,1-4H3. The number of nitrogens with zero attached hydrogens (tertiary/aromatic N) is 2. The Bertz CT molecular complexity index is 347. The van der Waals surface area contributed by atoms with Gasteiger partial charge < -0.3 is 4.74 Å². The molecule has 0 aliphatic rings. The number of aromatic nitrogens is 2. The van der Waals surface area contributed by atoms with Gasteiger partial charge in [-0.25, -0.2) is 9.97 Å². The molecule has 1 heterocycles. The zero-order valence-corrected chi connectivity index (χ0v) is 11.1. The van der Waals surface area contributed by atoms with Crippen LogP contribution in [0.4, 0.5) is 0 Å². The molecule has 0 aliphatic carbocycles. The summed E-state index contributed by atoms with van der Waals surface area (Å²) in [5, 5.41) is 0.506. The molecule has 0 unspecified atom stereocenters. The first kappa shape index (κ1) is 13.4. The molecular weight excluding hydrogens is 224 g/mol. The average Bonchev–Trinajstić information content (AvgIpc) is 2.16. The van der Waals surface area contributed by atoms with Gasteiger partial charge in [0.15, 0.2) is 0 Å². The molecule has 1 rings (SSSR count). The second-order valence-electron chi connectivity index (χ2n) is 4.69. The van der Waals surface area contributed by atoms with Crippen LogP contribution in [0.2, 0.25) is 5.15 Å². The van der Waals surface area contributed by atoms with Crippen LogP contribution in [0, 0.1) is 0 Å². The van der Waals surface area contributed by atoms with Gasteiger partial charge in [0, 0.05) is 18.4 Å². The first-order valence-electron chi connectivity index (χ1n) is 5.55. The third kappa shape index (κ3) is 4.06. The van der Waals surface area contributed by atoms with Gasteiger partial charge in [-0.05, 0) is 13.0 Å². The van der Waals surface area contributed by atoms with Crippen LogP contribution in [0.25, 0.3) is 0 Å². The molecule has 0 fully saturated rings. The van der Waals surface area contributed by atoms with Crippen molar-refractivity contribution in [1.82, 2.24) is 9.97 Å². The molecule has 16 heavy (non-hydrogen) atoms. The highest BCUT2D eigenvalue weighted by molar-refractivity contribution is 6.29. The van der Waals surface area contributed by atoms with E-state index in [0.29, 0.717) is 24.8 Å². The fraction of sp³-hybridized carbons (Fsp3) is 0.667. The van der Waals surface area contributed by atoms with Crippen LogP contribution in [0.5, 0.6) is 0 Å². The van der Waals surface area contributed by atoms with E-state index in [0.717, 1.165) is 11.5 Å². The highest BCUT2D eigenvalue weighted by Gasteiger charge is 2.17. The number of hydrogen-bond acceptors (Lipinski definition) is 3. The second-order valence-corrected chi connectivity index (χ2v) is 5.08. The molecule has 4 heteroatoms. The zero-order chi connectivity index (χ0) is 12.2. The van der Waals surface area contributed by atoms with Crippen LogP contribution in [0.3, 0.4) is 0 Å². The largest absolute Gasteiger partial charge is 0.381 e. The van der Waals surface area contributed by atoms with E-state index in [1.54, 1.807) is 0 Å². The smallest absolute Gasteiger partial charge is 0.133 e. The predicted octanol–water partition coefficient (Wildman–Crippen LogP) is 3.01. The van der Waals surface area contributed by atoms with Crippen molar-refractivity contribution >= 4 is 11.6 Å². The van der Waals surface area contributed by atoms with E-state index in [2.05, 4.69) is 30.7 Å². The number of rotatable bonds is 4. The van der Waals surface area contributed by atoms with Gasteiger partial charge in [0.1, 0.15) is 11.0 Å². The van der Waals surface area contributed by atoms with Crippen molar-refractivity contribution in [1.29, 1.82) is 0 Å². The van der Waals surface area contributed by atoms with E-state index in [-0.39, 0.29) is 5.41 Å². The minimum atomic E-state index is -0.00700. The molecule has 1 aromatic rings. The second kappa shape index (κ2) is 5.60. The maximum atomic E-state index is 5.98. The van der Waals surface area contributed by atoms with Gasteiger partial charge in [0.05, 0.1) is 12.3 Å². The summed E-state index contributed by atoms with van der Waals surface area (Å²) in [6.07, 6.45) is 0.706.